The number of benzene rings is 2. The fraction of sp³-hybridized carbons (Fsp3) is 0. The van der Waals surface area contributed by atoms with Crippen molar-refractivity contribution in [1.82, 2.24) is 0 Å². The van der Waals surface area contributed by atoms with Crippen LogP contribution in [-0.2, 0) is 0 Å². The second-order valence-electron chi connectivity index (χ2n) is 4.00. The van der Waals surface area contributed by atoms with Crippen LogP contribution in [-0.4, -0.2) is 10.8 Å². The van der Waals surface area contributed by atoms with Crippen molar-refractivity contribution in [3.63, 3.8) is 0 Å². The first kappa shape index (κ1) is 16.4. The van der Waals surface area contributed by atoms with Gasteiger partial charge in [-0.15, -0.1) is 0 Å². The Morgan fingerprint density at radius 3 is 2.43 bits per heavy atom. The predicted octanol–water partition coefficient (Wildman–Crippen LogP) is 4.98. The van der Waals surface area contributed by atoms with Crippen molar-refractivity contribution in [2.75, 3.05) is 5.32 Å². The number of nitrogens with zero attached hydrogens (tertiary/aromatic N) is 1. The van der Waals surface area contributed by atoms with Crippen molar-refractivity contribution in [2.24, 2.45) is 0 Å². The summed E-state index contributed by atoms with van der Waals surface area (Å²) < 4.78 is 2.09. The summed E-state index contributed by atoms with van der Waals surface area (Å²) in [7, 11) is 0. The van der Waals surface area contributed by atoms with E-state index in [2.05, 4.69) is 37.2 Å². The van der Waals surface area contributed by atoms with Gasteiger partial charge in [0.15, 0.2) is 0 Å². The first-order valence-electron chi connectivity index (χ1n) is 5.59. The van der Waals surface area contributed by atoms with Gasteiger partial charge in [0.05, 0.1) is 10.5 Å². The molecule has 0 aliphatic rings. The number of carbonyl (C=O) groups excluding carboxylic acids is 1. The highest BCUT2D eigenvalue weighted by atomic mass is 127. The number of halogens is 3. The van der Waals surface area contributed by atoms with Crippen LogP contribution in [0.5, 0.6) is 0 Å². The molecule has 0 aliphatic carbocycles. The van der Waals surface area contributed by atoms with E-state index in [1.165, 1.54) is 12.1 Å². The summed E-state index contributed by atoms with van der Waals surface area (Å²) in [5, 5.41) is 13.6. The molecular weight excluding hydrogens is 519 g/mol. The van der Waals surface area contributed by atoms with Crippen LogP contribution in [0.15, 0.2) is 45.3 Å². The molecule has 2 aromatic carbocycles. The molecule has 21 heavy (non-hydrogen) atoms. The maximum atomic E-state index is 12.3. The lowest BCUT2D eigenvalue weighted by Crippen LogP contribution is -2.14. The lowest BCUT2D eigenvalue weighted by molar-refractivity contribution is -0.384. The second kappa shape index (κ2) is 6.84. The minimum absolute atomic E-state index is 0.156. The highest BCUT2D eigenvalue weighted by Crippen LogP contribution is 2.29. The minimum Gasteiger partial charge on any atom is -0.316 e. The Kier molecular flexibility index (Phi) is 5.33. The van der Waals surface area contributed by atoms with Gasteiger partial charge in [0, 0.05) is 18.6 Å². The van der Waals surface area contributed by atoms with Crippen LogP contribution in [0.4, 0.5) is 11.4 Å². The highest BCUT2D eigenvalue weighted by molar-refractivity contribution is 14.1. The molecule has 0 unspecified atom stereocenters. The maximum absolute atomic E-state index is 12.3. The second-order valence-corrected chi connectivity index (χ2v) is 6.99. The number of hydrogen-bond acceptors (Lipinski definition) is 3. The summed E-state index contributed by atoms with van der Waals surface area (Å²) >= 11 is 8.51. The summed E-state index contributed by atoms with van der Waals surface area (Å²) in [4.78, 5) is 22.8. The van der Waals surface area contributed by atoms with Crippen molar-refractivity contribution in [3.8, 4) is 0 Å². The Morgan fingerprint density at radius 2 is 1.76 bits per heavy atom. The van der Waals surface area contributed by atoms with Gasteiger partial charge in [0.25, 0.3) is 11.6 Å². The number of anilines is 1. The number of rotatable bonds is 3. The fourth-order valence-electron chi connectivity index (χ4n) is 1.62. The zero-order valence-electron chi connectivity index (χ0n) is 10.3. The minimum atomic E-state index is -0.535. The molecule has 0 heterocycles. The largest absolute Gasteiger partial charge is 0.316 e. The molecule has 0 aromatic heterocycles. The van der Waals surface area contributed by atoms with Crippen molar-refractivity contribution in [3.05, 3.63) is 64.6 Å². The summed E-state index contributed by atoms with van der Waals surface area (Å²) in [6.07, 6.45) is 0. The number of nitrogens with one attached hydrogen (secondary N) is 1. The molecule has 0 aliphatic heterocycles. The Labute approximate surface area is 150 Å². The van der Waals surface area contributed by atoms with Gasteiger partial charge in [-0.05, 0) is 52.9 Å². The molecule has 0 fully saturated rings. The molecule has 1 amide bonds. The molecule has 108 valence electrons. The molecule has 0 radical (unpaired) electrons. The van der Waals surface area contributed by atoms with E-state index in [1.807, 2.05) is 28.7 Å². The van der Waals surface area contributed by atoms with Crippen LogP contribution in [0, 0.1) is 13.7 Å². The van der Waals surface area contributed by atoms with Gasteiger partial charge in [-0.3, -0.25) is 14.9 Å². The Morgan fingerprint density at radius 1 is 1.14 bits per heavy atom. The molecule has 0 atom stereocenters. The summed E-state index contributed by atoms with van der Waals surface area (Å²) in [5.41, 5.74) is 0.439. The molecule has 8 heteroatoms. The lowest BCUT2D eigenvalue weighted by atomic mass is 10.2. The van der Waals surface area contributed by atoms with E-state index in [1.54, 1.807) is 18.2 Å². The van der Waals surface area contributed by atoms with Crippen molar-refractivity contribution in [2.45, 2.75) is 0 Å². The van der Waals surface area contributed by atoms with Gasteiger partial charge >= 0.3 is 0 Å². The van der Waals surface area contributed by atoms with Gasteiger partial charge in [0.2, 0.25) is 0 Å². The maximum Gasteiger partial charge on any atom is 0.293 e. The summed E-state index contributed by atoms with van der Waals surface area (Å²) in [5.74, 6) is -0.397. The van der Waals surface area contributed by atoms with E-state index in [4.69, 9.17) is 0 Å². The zero-order chi connectivity index (χ0) is 15.6. The lowest BCUT2D eigenvalue weighted by Gasteiger charge is -2.08. The number of amides is 1. The first-order valence-corrected chi connectivity index (χ1v) is 8.25. The Hall–Kier alpha value is -1.000. The van der Waals surface area contributed by atoms with Gasteiger partial charge in [0.1, 0.15) is 5.69 Å². The molecular formula is C13H7Br2IN2O3. The zero-order valence-corrected chi connectivity index (χ0v) is 15.6. The average Bonchev–Trinajstić information content (AvgIpc) is 2.43. The number of nitro groups is 1. The molecule has 0 saturated heterocycles. The summed E-state index contributed by atoms with van der Waals surface area (Å²) in [6, 6.07) is 9.75. The van der Waals surface area contributed by atoms with E-state index in [-0.39, 0.29) is 11.4 Å². The van der Waals surface area contributed by atoms with Crippen LogP contribution in [0.2, 0.25) is 0 Å². The van der Waals surface area contributed by atoms with E-state index < -0.39 is 10.8 Å². The standard InChI is InChI=1S/C13H7Br2IN2O3/c14-7-1-3-10(16)9(5-7)13(19)17-11-4-2-8(15)6-12(11)18(20)21/h1-6H,(H,17,19). The predicted molar refractivity (Wildman–Crippen MR) is 95.6 cm³/mol. The van der Waals surface area contributed by atoms with Crippen molar-refractivity contribution >= 4 is 71.7 Å². The van der Waals surface area contributed by atoms with E-state index in [9.17, 15) is 14.9 Å². The topological polar surface area (TPSA) is 72.2 Å². The third-order valence-corrected chi connectivity index (χ3v) is 4.50. The smallest absolute Gasteiger partial charge is 0.293 e. The molecule has 5 nitrogen and oxygen atoms in total. The monoisotopic (exact) mass is 524 g/mol. The van der Waals surface area contributed by atoms with E-state index in [0.29, 0.717) is 10.0 Å². The molecule has 0 spiro atoms. The Bertz CT molecular complexity index is 737. The van der Waals surface area contributed by atoms with Crippen molar-refractivity contribution in [1.29, 1.82) is 0 Å². The normalized spacial score (nSPS) is 10.2. The van der Waals surface area contributed by atoms with Crippen LogP contribution in [0.1, 0.15) is 10.4 Å². The van der Waals surface area contributed by atoms with Gasteiger partial charge in [-0.25, -0.2) is 0 Å². The molecule has 2 aromatic rings. The van der Waals surface area contributed by atoms with Gasteiger partial charge < -0.3 is 5.32 Å². The van der Waals surface area contributed by atoms with Crippen LogP contribution in [0.3, 0.4) is 0 Å². The highest BCUT2D eigenvalue weighted by Gasteiger charge is 2.18. The van der Waals surface area contributed by atoms with Crippen molar-refractivity contribution < 1.29 is 9.72 Å². The average molecular weight is 526 g/mol. The van der Waals surface area contributed by atoms with Gasteiger partial charge in [-0.2, -0.15) is 0 Å². The van der Waals surface area contributed by atoms with E-state index >= 15 is 0 Å². The quantitative estimate of drug-likeness (QED) is 0.349. The van der Waals surface area contributed by atoms with Crippen LogP contribution in [0.25, 0.3) is 0 Å². The van der Waals surface area contributed by atoms with Crippen LogP contribution < -0.4 is 5.32 Å². The molecule has 0 saturated carbocycles. The molecule has 0 bridgehead atoms. The fourth-order valence-corrected chi connectivity index (χ4v) is 2.91. The third kappa shape index (κ3) is 4.01. The first-order chi connectivity index (χ1) is 9.88. The molecule has 1 N–H and O–H groups in total. The Balaban J connectivity index is 2.36. The number of nitro benzene ring substituents is 1. The third-order valence-electron chi connectivity index (χ3n) is 2.58. The SMILES string of the molecule is O=C(Nc1ccc(Br)cc1[N+](=O)[O-])c1cc(Br)ccc1I. The number of carbonyl (C=O) groups is 1. The molecule has 2 rings (SSSR count). The summed E-state index contributed by atoms with van der Waals surface area (Å²) in [6.45, 7) is 0. The number of hydrogen-bond donors (Lipinski definition) is 1. The van der Waals surface area contributed by atoms with Crippen LogP contribution >= 0.6 is 54.5 Å². The van der Waals surface area contributed by atoms with Gasteiger partial charge in [-0.1, -0.05) is 31.9 Å². The van der Waals surface area contributed by atoms with E-state index in [0.717, 1.165) is 8.04 Å².